The zero-order valence-electron chi connectivity index (χ0n) is 17.8. The summed E-state index contributed by atoms with van der Waals surface area (Å²) in [6.45, 7) is 5.79. The van der Waals surface area contributed by atoms with Gasteiger partial charge in [-0.15, -0.1) is 0 Å². The molecule has 4 N–H and O–H groups in total. The fourth-order valence-electron chi connectivity index (χ4n) is 2.63. The van der Waals surface area contributed by atoms with Crippen molar-refractivity contribution in [2.75, 3.05) is 24.7 Å². The van der Waals surface area contributed by atoms with E-state index < -0.39 is 22.8 Å². The Morgan fingerprint density at radius 1 is 1.23 bits per heavy atom. The van der Waals surface area contributed by atoms with Crippen molar-refractivity contribution in [3.63, 3.8) is 0 Å². The Morgan fingerprint density at radius 2 is 1.87 bits per heavy atom. The van der Waals surface area contributed by atoms with Crippen LogP contribution >= 0.6 is 0 Å². The summed E-state index contributed by atoms with van der Waals surface area (Å²) in [6.07, 6.45) is 0. The lowest BCUT2D eigenvalue weighted by Gasteiger charge is -2.21. The Kier molecular flexibility index (Phi) is 6.56. The Bertz CT molecular complexity index is 1120. The number of hydrogen-bond acceptors (Lipinski definition) is 7. The first-order valence-electron chi connectivity index (χ1n) is 9.33. The summed E-state index contributed by atoms with van der Waals surface area (Å²) in [5.41, 5.74) is -1.24. The van der Waals surface area contributed by atoms with Gasteiger partial charge in [0.15, 0.2) is 5.75 Å². The fourth-order valence-corrected chi connectivity index (χ4v) is 2.63. The summed E-state index contributed by atoms with van der Waals surface area (Å²) in [7, 11) is 4.41. The van der Waals surface area contributed by atoms with E-state index in [1.165, 1.54) is 38.2 Å². The number of hydrogen-bond donors (Lipinski definition) is 4. The van der Waals surface area contributed by atoms with E-state index in [1.807, 2.05) is 26.8 Å². The summed E-state index contributed by atoms with van der Waals surface area (Å²) in [6, 6.07) is 4.36. The number of carbonyl (C=O) groups excluding carboxylic acids is 1. The van der Waals surface area contributed by atoms with Crippen LogP contribution in [0.15, 0.2) is 21.7 Å². The van der Waals surface area contributed by atoms with Crippen LogP contribution in [0.5, 0.6) is 5.75 Å². The lowest BCUT2D eigenvalue weighted by molar-refractivity contribution is 0.0824. The minimum Gasteiger partial charge on any atom is -0.505 e. The zero-order chi connectivity index (χ0) is 22.7. The number of aromatic nitrogens is 2. The largest absolute Gasteiger partial charge is 0.505 e. The number of benzene rings is 1. The van der Waals surface area contributed by atoms with Crippen LogP contribution in [0.4, 0.5) is 17.1 Å². The molecule has 2 rings (SSSR count). The van der Waals surface area contributed by atoms with Gasteiger partial charge in [0, 0.05) is 27.2 Å². The first-order chi connectivity index (χ1) is 14.0. The third-order valence-electron chi connectivity index (χ3n) is 4.77. The summed E-state index contributed by atoms with van der Waals surface area (Å²) in [5, 5.41) is 28.2. The Balaban J connectivity index is 2.69. The number of phenolic OH excluding ortho intramolecular Hbond substituents is 1. The molecule has 1 heterocycles. The van der Waals surface area contributed by atoms with Crippen LogP contribution < -0.4 is 21.8 Å². The normalized spacial score (nSPS) is 11.7. The quantitative estimate of drug-likeness (QED) is 0.525. The van der Waals surface area contributed by atoms with Crippen LogP contribution in [0.25, 0.3) is 0 Å². The van der Waals surface area contributed by atoms with E-state index in [9.17, 15) is 24.8 Å². The average molecular weight is 414 g/mol. The first-order valence-corrected chi connectivity index (χ1v) is 9.33. The Hall–Kier alpha value is -3.74. The number of carbonyl (C=O) groups is 1. The second kappa shape index (κ2) is 8.73. The number of H-pyrrole nitrogens is 1. The van der Waals surface area contributed by atoms with Gasteiger partial charge < -0.3 is 20.6 Å². The monoisotopic (exact) mass is 414 g/mol. The second-order valence-corrected chi connectivity index (χ2v) is 7.59. The van der Waals surface area contributed by atoms with Gasteiger partial charge in [-0.2, -0.15) is 5.26 Å². The molecule has 2 aromatic rings. The third-order valence-corrected chi connectivity index (χ3v) is 4.77. The predicted molar refractivity (Wildman–Crippen MR) is 114 cm³/mol. The average Bonchev–Trinajstić information content (AvgIpc) is 2.68. The molecule has 1 aromatic heterocycles. The van der Waals surface area contributed by atoms with Gasteiger partial charge in [0.25, 0.3) is 17.0 Å². The van der Waals surface area contributed by atoms with Gasteiger partial charge in [-0.25, -0.2) is 0 Å². The van der Waals surface area contributed by atoms with Gasteiger partial charge >= 0.3 is 0 Å². The van der Waals surface area contributed by atoms with Gasteiger partial charge in [0.2, 0.25) is 0 Å². The number of rotatable bonds is 6. The van der Waals surface area contributed by atoms with E-state index in [2.05, 4.69) is 15.7 Å². The van der Waals surface area contributed by atoms with Crippen molar-refractivity contribution in [3.05, 3.63) is 44.0 Å². The van der Waals surface area contributed by atoms with E-state index in [0.717, 1.165) is 4.68 Å². The highest BCUT2D eigenvalue weighted by Crippen LogP contribution is 2.33. The van der Waals surface area contributed by atoms with E-state index in [0.29, 0.717) is 0 Å². The number of amides is 1. The van der Waals surface area contributed by atoms with Crippen molar-refractivity contribution in [2.24, 2.45) is 13.0 Å². The maximum atomic E-state index is 12.8. The minimum atomic E-state index is -0.560. The molecule has 0 bridgehead atoms. The molecule has 0 fully saturated rings. The van der Waals surface area contributed by atoms with E-state index in [-0.39, 0.29) is 40.1 Å². The second-order valence-electron chi connectivity index (χ2n) is 7.59. The van der Waals surface area contributed by atoms with Crippen molar-refractivity contribution >= 4 is 23.0 Å². The van der Waals surface area contributed by atoms with Crippen LogP contribution in [0.3, 0.4) is 0 Å². The third kappa shape index (κ3) is 4.46. The minimum absolute atomic E-state index is 0.00143. The molecule has 0 aliphatic carbocycles. The highest BCUT2D eigenvalue weighted by atomic mass is 16.3. The summed E-state index contributed by atoms with van der Waals surface area (Å²) in [5.74, 6) is -0.780. The molecule has 0 aliphatic rings. The molecule has 10 nitrogen and oxygen atoms in total. The molecule has 1 atom stereocenters. The van der Waals surface area contributed by atoms with Crippen molar-refractivity contribution in [3.8, 4) is 11.8 Å². The van der Waals surface area contributed by atoms with Gasteiger partial charge in [-0.05, 0) is 25.0 Å². The molecular formula is C20H26N6O4. The molecule has 0 spiro atoms. The summed E-state index contributed by atoms with van der Waals surface area (Å²) < 4.78 is 1.01. The molecule has 0 aliphatic heterocycles. The number of nitriles is 1. The number of nitrogens with one attached hydrogen (secondary N) is 3. The van der Waals surface area contributed by atoms with Gasteiger partial charge in [-0.3, -0.25) is 24.2 Å². The van der Waals surface area contributed by atoms with Crippen LogP contribution in [0.2, 0.25) is 0 Å². The van der Waals surface area contributed by atoms with E-state index >= 15 is 0 Å². The lowest BCUT2D eigenvalue weighted by Crippen LogP contribution is -2.34. The molecule has 0 unspecified atom stereocenters. The standard InChI is InChI=1S/C20H26N6O4/c1-10(2)11(3)22-15-16(20(30)26(6)24-18(15)28)23-14-8-12(9-21)7-13(17(14)27)19(29)25(4)5/h7-8,10-11,22-23,27H,1-6H3,(H,24,28)/t11-/m0/s1. The van der Waals surface area contributed by atoms with Crippen LogP contribution in [-0.2, 0) is 7.05 Å². The van der Waals surface area contributed by atoms with Gasteiger partial charge in [0.1, 0.15) is 11.4 Å². The molecule has 0 radical (unpaired) electrons. The number of aromatic amines is 1. The van der Waals surface area contributed by atoms with Gasteiger partial charge in [-0.1, -0.05) is 13.8 Å². The number of nitrogens with zero attached hydrogens (tertiary/aromatic N) is 3. The lowest BCUT2D eigenvalue weighted by atomic mass is 10.1. The van der Waals surface area contributed by atoms with Crippen LogP contribution in [0.1, 0.15) is 36.7 Å². The maximum Gasteiger partial charge on any atom is 0.290 e. The highest BCUT2D eigenvalue weighted by molar-refractivity contribution is 5.99. The molecule has 160 valence electrons. The molecule has 10 heteroatoms. The topological polar surface area (TPSA) is 143 Å². The van der Waals surface area contributed by atoms with Crippen LogP contribution in [0, 0.1) is 17.2 Å². The first kappa shape index (κ1) is 22.5. The number of aryl methyl sites for hydroxylation is 1. The number of phenols is 1. The van der Waals surface area contributed by atoms with Gasteiger partial charge in [0.05, 0.1) is 22.9 Å². The van der Waals surface area contributed by atoms with Crippen molar-refractivity contribution in [1.82, 2.24) is 14.7 Å². The summed E-state index contributed by atoms with van der Waals surface area (Å²) >= 11 is 0. The number of anilines is 3. The smallest absolute Gasteiger partial charge is 0.290 e. The number of aromatic hydroxyl groups is 1. The highest BCUT2D eigenvalue weighted by Gasteiger charge is 2.22. The molecule has 1 amide bonds. The molecule has 0 saturated heterocycles. The zero-order valence-corrected chi connectivity index (χ0v) is 17.8. The Morgan fingerprint density at radius 3 is 2.40 bits per heavy atom. The maximum absolute atomic E-state index is 12.8. The summed E-state index contributed by atoms with van der Waals surface area (Å²) in [4.78, 5) is 38.9. The fraction of sp³-hybridized carbons (Fsp3) is 0.400. The molecule has 1 aromatic carbocycles. The molecule has 30 heavy (non-hydrogen) atoms. The SMILES string of the molecule is CC(C)[C@H](C)Nc1c(Nc2cc(C#N)cc(C(=O)N(C)C)c2O)c(=O)n(C)[nH]c1=O. The molecule has 0 saturated carbocycles. The van der Waals surface area contributed by atoms with E-state index in [1.54, 1.807) is 0 Å². The van der Waals surface area contributed by atoms with Crippen LogP contribution in [-0.4, -0.2) is 45.8 Å². The molecular weight excluding hydrogens is 388 g/mol. The Labute approximate surface area is 173 Å². The predicted octanol–water partition coefficient (Wildman–Crippen LogP) is 1.55. The van der Waals surface area contributed by atoms with Crippen molar-refractivity contribution in [1.29, 1.82) is 5.26 Å². The van der Waals surface area contributed by atoms with Crippen molar-refractivity contribution in [2.45, 2.75) is 26.8 Å². The van der Waals surface area contributed by atoms with Crippen molar-refractivity contribution < 1.29 is 9.90 Å². The van der Waals surface area contributed by atoms with E-state index in [4.69, 9.17) is 0 Å².